The van der Waals surface area contributed by atoms with Crippen LogP contribution in [0.2, 0.25) is 0 Å². The second-order valence-electron chi connectivity index (χ2n) is 3.23. The van der Waals surface area contributed by atoms with Crippen molar-refractivity contribution in [1.29, 1.82) is 0 Å². The molecule has 0 aromatic carbocycles. The summed E-state index contributed by atoms with van der Waals surface area (Å²) in [5.41, 5.74) is 3.75. The highest BCUT2D eigenvalue weighted by Crippen LogP contribution is 2.20. The number of hydrogen-bond acceptors (Lipinski definition) is 6. The minimum atomic E-state index is 0.00602. The van der Waals surface area contributed by atoms with E-state index in [4.69, 9.17) is 10.6 Å². The molecule has 86 valence electrons. The number of ether oxygens (including phenoxy) is 1. The summed E-state index contributed by atoms with van der Waals surface area (Å²) in [6.07, 6.45) is 1.89. The third-order valence-electron chi connectivity index (χ3n) is 2.07. The van der Waals surface area contributed by atoms with Crippen LogP contribution in [0.3, 0.4) is 0 Å². The van der Waals surface area contributed by atoms with Gasteiger partial charge in [-0.1, -0.05) is 18.3 Å². The lowest BCUT2D eigenvalue weighted by Crippen LogP contribution is -2.31. The molecule has 1 atom stereocenters. The molecule has 1 aromatic rings. The van der Waals surface area contributed by atoms with Crippen molar-refractivity contribution >= 4 is 11.5 Å². The van der Waals surface area contributed by atoms with Crippen molar-refractivity contribution in [2.45, 2.75) is 32.7 Å². The van der Waals surface area contributed by atoms with E-state index < -0.39 is 0 Å². The number of aromatic nitrogens is 2. The Morgan fingerprint density at radius 2 is 2.33 bits per heavy atom. The summed E-state index contributed by atoms with van der Waals surface area (Å²) in [7, 11) is 0. The van der Waals surface area contributed by atoms with Gasteiger partial charge in [0.1, 0.15) is 0 Å². The Labute approximate surface area is 94.1 Å². The van der Waals surface area contributed by atoms with Gasteiger partial charge in [0.15, 0.2) is 0 Å². The second kappa shape index (κ2) is 6.84. The van der Waals surface area contributed by atoms with E-state index in [1.165, 1.54) is 11.5 Å². The number of rotatable bonds is 7. The Morgan fingerprint density at radius 1 is 1.53 bits per heavy atom. The van der Waals surface area contributed by atoms with Crippen molar-refractivity contribution in [3.63, 3.8) is 0 Å². The van der Waals surface area contributed by atoms with Crippen molar-refractivity contribution in [2.75, 3.05) is 13.2 Å². The van der Waals surface area contributed by atoms with Crippen molar-refractivity contribution < 1.29 is 4.74 Å². The number of hydrogen-bond donors (Lipinski definition) is 2. The molecule has 5 nitrogen and oxygen atoms in total. The molecule has 1 unspecified atom stereocenters. The van der Waals surface area contributed by atoms with Gasteiger partial charge in [0.2, 0.25) is 0 Å². The minimum Gasteiger partial charge on any atom is -0.379 e. The first-order chi connectivity index (χ1) is 7.33. The van der Waals surface area contributed by atoms with Gasteiger partial charge < -0.3 is 4.74 Å². The highest BCUT2D eigenvalue weighted by atomic mass is 32.1. The number of aryl methyl sites for hydroxylation is 1. The number of nitrogens with two attached hydrogens (primary N) is 1. The summed E-state index contributed by atoms with van der Waals surface area (Å²) in [6, 6.07) is 0.00602. The first-order valence-electron chi connectivity index (χ1n) is 5.18. The van der Waals surface area contributed by atoms with Crippen LogP contribution in [0.1, 0.15) is 36.9 Å². The molecule has 0 aliphatic carbocycles. The topological polar surface area (TPSA) is 73.1 Å². The third kappa shape index (κ3) is 3.49. The predicted molar refractivity (Wildman–Crippen MR) is 60.5 cm³/mol. The highest BCUT2D eigenvalue weighted by molar-refractivity contribution is 7.05. The van der Waals surface area contributed by atoms with Crippen LogP contribution < -0.4 is 11.3 Å². The van der Waals surface area contributed by atoms with Gasteiger partial charge in [0, 0.05) is 6.61 Å². The van der Waals surface area contributed by atoms with E-state index in [0.717, 1.165) is 30.0 Å². The van der Waals surface area contributed by atoms with Gasteiger partial charge in [-0.3, -0.25) is 5.84 Å². The van der Waals surface area contributed by atoms with Gasteiger partial charge in [-0.2, -0.15) is 0 Å². The molecule has 0 aliphatic rings. The summed E-state index contributed by atoms with van der Waals surface area (Å²) < 4.78 is 9.40. The molecule has 1 aromatic heterocycles. The number of nitrogens with zero attached hydrogens (tertiary/aromatic N) is 2. The molecule has 0 aliphatic heterocycles. The third-order valence-corrected chi connectivity index (χ3v) is 2.95. The molecule has 0 amide bonds. The van der Waals surface area contributed by atoms with Gasteiger partial charge in [0.25, 0.3) is 0 Å². The fourth-order valence-electron chi connectivity index (χ4n) is 1.27. The van der Waals surface area contributed by atoms with Crippen molar-refractivity contribution in [3.8, 4) is 0 Å². The lowest BCUT2D eigenvalue weighted by molar-refractivity contribution is 0.112. The molecule has 0 bridgehead atoms. The van der Waals surface area contributed by atoms with Crippen LogP contribution in [0.5, 0.6) is 0 Å². The van der Waals surface area contributed by atoms with Crippen LogP contribution >= 0.6 is 11.5 Å². The molecule has 6 heteroatoms. The lowest BCUT2D eigenvalue weighted by atomic mass is 10.2. The van der Waals surface area contributed by atoms with Crippen molar-refractivity contribution in [2.24, 2.45) is 5.84 Å². The first-order valence-corrected chi connectivity index (χ1v) is 5.95. The molecular weight excluding hydrogens is 212 g/mol. The molecular formula is C9H18N4OS. The zero-order valence-corrected chi connectivity index (χ0v) is 10.0. The van der Waals surface area contributed by atoms with E-state index >= 15 is 0 Å². The molecule has 0 saturated heterocycles. The van der Waals surface area contributed by atoms with Gasteiger partial charge in [0.05, 0.1) is 23.2 Å². The van der Waals surface area contributed by atoms with E-state index in [2.05, 4.69) is 28.9 Å². The van der Waals surface area contributed by atoms with Crippen molar-refractivity contribution in [3.05, 3.63) is 10.6 Å². The first kappa shape index (κ1) is 12.5. The van der Waals surface area contributed by atoms with Gasteiger partial charge in [-0.25, -0.2) is 5.43 Å². The Hall–Kier alpha value is -0.560. The monoisotopic (exact) mass is 230 g/mol. The fourth-order valence-corrected chi connectivity index (χ4v) is 2.05. The average Bonchev–Trinajstić information content (AvgIpc) is 2.72. The van der Waals surface area contributed by atoms with E-state index in [-0.39, 0.29) is 6.04 Å². The Morgan fingerprint density at radius 3 is 2.93 bits per heavy atom. The predicted octanol–water partition coefficient (Wildman–Crippen LogP) is 1.03. The van der Waals surface area contributed by atoms with Gasteiger partial charge in [-0.15, -0.1) is 5.10 Å². The summed E-state index contributed by atoms with van der Waals surface area (Å²) in [4.78, 5) is 1.08. The molecule has 15 heavy (non-hydrogen) atoms. The molecule has 0 radical (unpaired) electrons. The molecule has 0 fully saturated rings. The van der Waals surface area contributed by atoms with E-state index in [0.29, 0.717) is 6.61 Å². The van der Waals surface area contributed by atoms with Crippen LogP contribution in [0.15, 0.2) is 0 Å². The SMILES string of the molecule is CCCOCC(NN)c1snnc1CC. The number of hydrazine groups is 1. The normalized spacial score (nSPS) is 13.0. The van der Waals surface area contributed by atoms with Crippen LogP contribution in [0.25, 0.3) is 0 Å². The summed E-state index contributed by atoms with van der Waals surface area (Å²) in [5, 5.41) is 4.05. The molecule has 1 heterocycles. The maximum atomic E-state index is 5.49. The molecule has 1 rings (SSSR count). The quantitative estimate of drug-likeness (QED) is 0.416. The largest absolute Gasteiger partial charge is 0.379 e. The van der Waals surface area contributed by atoms with Gasteiger partial charge in [-0.05, 0) is 24.4 Å². The zero-order chi connectivity index (χ0) is 11.1. The van der Waals surface area contributed by atoms with E-state index in [1.54, 1.807) is 0 Å². The van der Waals surface area contributed by atoms with Crippen LogP contribution in [-0.4, -0.2) is 22.8 Å². The Kier molecular flexibility index (Phi) is 5.70. The molecule has 0 saturated carbocycles. The summed E-state index contributed by atoms with van der Waals surface area (Å²) >= 11 is 1.38. The smallest absolute Gasteiger partial charge is 0.0821 e. The molecule has 3 N–H and O–H groups in total. The minimum absolute atomic E-state index is 0.00602. The zero-order valence-electron chi connectivity index (χ0n) is 9.19. The summed E-state index contributed by atoms with van der Waals surface area (Å²) in [6.45, 7) is 5.46. The Balaban J connectivity index is 2.57. The Bertz CT molecular complexity index is 279. The molecule has 0 spiro atoms. The maximum absolute atomic E-state index is 5.49. The number of nitrogens with one attached hydrogen (secondary N) is 1. The maximum Gasteiger partial charge on any atom is 0.0821 e. The summed E-state index contributed by atoms with van der Waals surface area (Å²) in [5.74, 6) is 5.49. The van der Waals surface area contributed by atoms with Crippen LogP contribution in [0, 0.1) is 0 Å². The fraction of sp³-hybridized carbons (Fsp3) is 0.778. The standard InChI is InChI=1S/C9H18N4OS/c1-3-5-14-6-8(11-10)9-7(4-2)12-13-15-9/h8,11H,3-6,10H2,1-2H3. The highest BCUT2D eigenvalue weighted by Gasteiger charge is 2.17. The second-order valence-corrected chi connectivity index (χ2v) is 4.02. The lowest BCUT2D eigenvalue weighted by Gasteiger charge is -2.14. The van der Waals surface area contributed by atoms with Gasteiger partial charge >= 0.3 is 0 Å². The van der Waals surface area contributed by atoms with E-state index in [9.17, 15) is 0 Å². The van der Waals surface area contributed by atoms with E-state index in [1.807, 2.05) is 0 Å². The van der Waals surface area contributed by atoms with Crippen LogP contribution in [-0.2, 0) is 11.2 Å². The van der Waals surface area contributed by atoms with Crippen molar-refractivity contribution in [1.82, 2.24) is 15.0 Å². The van der Waals surface area contributed by atoms with Crippen LogP contribution in [0.4, 0.5) is 0 Å². The average molecular weight is 230 g/mol.